The highest BCUT2D eigenvalue weighted by Crippen LogP contribution is 2.31. The maximum Gasteiger partial charge on any atom is 0.185 e. The Morgan fingerprint density at radius 2 is 2.30 bits per heavy atom. The maximum atomic E-state index is 5.76. The van der Waals surface area contributed by atoms with E-state index in [2.05, 4.69) is 31.0 Å². The Morgan fingerprint density at radius 3 is 2.85 bits per heavy atom. The zero-order chi connectivity index (χ0) is 14.5. The molecule has 4 nitrogen and oxygen atoms in total. The summed E-state index contributed by atoms with van der Waals surface area (Å²) < 4.78 is 5.76. The lowest BCUT2D eigenvalue weighted by atomic mass is 10.1. The van der Waals surface area contributed by atoms with E-state index in [4.69, 9.17) is 9.72 Å². The summed E-state index contributed by atoms with van der Waals surface area (Å²) in [5, 5.41) is 4.40. The molecule has 1 aromatic rings. The third-order valence-electron chi connectivity index (χ3n) is 3.70. The SMILES string of the molecule is CCN(CC1CCCO1)c1nc(C(C)C)c(CNC)s1. The summed E-state index contributed by atoms with van der Waals surface area (Å²) in [4.78, 5) is 8.62. The highest BCUT2D eigenvalue weighted by Gasteiger charge is 2.22. The first kappa shape index (κ1) is 15.7. The molecular formula is C15H27N3OS. The minimum absolute atomic E-state index is 0.383. The topological polar surface area (TPSA) is 37.4 Å². The molecule has 0 amide bonds. The normalized spacial score (nSPS) is 18.9. The number of aromatic nitrogens is 1. The number of rotatable bonds is 7. The average Bonchev–Trinajstić information content (AvgIpc) is 3.05. The summed E-state index contributed by atoms with van der Waals surface area (Å²) in [7, 11) is 1.99. The third-order valence-corrected chi connectivity index (χ3v) is 4.83. The maximum absolute atomic E-state index is 5.76. The summed E-state index contributed by atoms with van der Waals surface area (Å²) in [5.41, 5.74) is 1.24. The van der Waals surface area contributed by atoms with Gasteiger partial charge in [0.05, 0.1) is 11.8 Å². The average molecular weight is 297 g/mol. The van der Waals surface area contributed by atoms with E-state index in [-0.39, 0.29) is 0 Å². The molecular weight excluding hydrogens is 270 g/mol. The molecule has 0 aliphatic carbocycles. The first-order valence-corrected chi connectivity index (χ1v) is 8.48. The molecule has 0 saturated carbocycles. The number of thiazole rings is 1. The molecule has 1 aliphatic heterocycles. The fourth-order valence-electron chi connectivity index (χ4n) is 2.60. The van der Waals surface area contributed by atoms with E-state index >= 15 is 0 Å². The van der Waals surface area contributed by atoms with Crippen molar-refractivity contribution >= 4 is 16.5 Å². The summed E-state index contributed by atoms with van der Waals surface area (Å²) in [6.45, 7) is 10.4. The number of anilines is 1. The van der Waals surface area contributed by atoms with Crippen molar-refractivity contribution in [1.29, 1.82) is 0 Å². The van der Waals surface area contributed by atoms with Crippen LogP contribution in [-0.4, -0.2) is 37.8 Å². The molecule has 0 spiro atoms. The molecule has 0 radical (unpaired) electrons. The van der Waals surface area contributed by atoms with Gasteiger partial charge in [0.15, 0.2) is 5.13 Å². The van der Waals surface area contributed by atoms with Crippen LogP contribution in [0, 0.1) is 0 Å². The number of likely N-dealkylation sites (N-methyl/N-ethyl adjacent to an activating group) is 1. The van der Waals surface area contributed by atoms with Crippen molar-refractivity contribution < 1.29 is 4.74 Å². The Labute approximate surface area is 126 Å². The van der Waals surface area contributed by atoms with Gasteiger partial charge < -0.3 is 15.0 Å². The molecule has 0 aromatic carbocycles. The van der Waals surface area contributed by atoms with Gasteiger partial charge in [-0.25, -0.2) is 4.98 Å². The van der Waals surface area contributed by atoms with Crippen LogP contribution in [0.4, 0.5) is 5.13 Å². The number of hydrogen-bond acceptors (Lipinski definition) is 5. The van der Waals surface area contributed by atoms with E-state index in [0.29, 0.717) is 12.0 Å². The van der Waals surface area contributed by atoms with Gasteiger partial charge in [0.1, 0.15) is 0 Å². The van der Waals surface area contributed by atoms with E-state index in [1.165, 1.54) is 23.4 Å². The summed E-state index contributed by atoms with van der Waals surface area (Å²) in [6.07, 6.45) is 2.76. The van der Waals surface area contributed by atoms with Crippen LogP contribution < -0.4 is 10.2 Å². The zero-order valence-electron chi connectivity index (χ0n) is 13.1. The van der Waals surface area contributed by atoms with Crippen LogP contribution in [0.2, 0.25) is 0 Å². The van der Waals surface area contributed by atoms with Crippen molar-refractivity contribution in [1.82, 2.24) is 10.3 Å². The largest absolute Gasteiger partial charge is 0.376 e. The summed E-state index contributed by atoms with van der Waals surface area (Å²) in [6, 6.07) is 0. The van der Waals surface area contributed by atoms with E-state index in [9.17, 15) is 0 Å². The highest BCUT2D eigenvalue weighted by atomic mass is 32.1. The second kappa shape index (κ2) is 7.38. The monoisotopic (exact) mass is 297 g/mol. The fraction of sp³-hybridized carbons (Fsp3) is 0.800. The van der Waals surface area contributed by atoms with Crippen LogP contribution in [0.15, 0.2) is 0 Å². The molecule has 2 rings (SSSR count). The van der Waals surface area contributed by atoms with E-state index in [1.54, 1.807) is 0 Å². The second-order valence-corrected chi connectivity index (χ2v) is 6.73. The lowest BCUT2D eigenvalue weighted by molar-refractivity contribution is 0.115. The minimum Gasteiger partial charge on any atom is -0.376 e. The molecule has 1 aromatic heterocycles. The number of hydrogen-bond donors (Lipinski definition) is 1. The highest BCUT2D eigenvalue weighted by molar-refractivity contribution is 7.15. The first-order chi connectivity index (χ1) is 9.65. The summed E-state index contributed by atoms with van der Waals surface area (Å²) in [5.74, 6) is 0.477. The van der Waals surface area contributed by atoms with Gasteiger partial charge in [0.2, 0.25) is 0 Å². The fourth-order valence-corrected chi connectivity index (χ4v) is 3.90. The third kappa shape index (κ3) is 3.71. The molecule has 1 saturated heterocycles. The van der Waals surface area contributed by atoms with Crippen LogP contribution in [0.3, 0.4) is 0 Å². The predicted molar refractivity (Wildman–Crippen MR) is 85.8 cm³/mol. The van der Waals surface area contributed by atoms with E-state index in [1.807, 2.05) is 18.4 Å². The summed E-state index contributed by atoms with van der Waals surface area (Å²) >= 11 is 1.83. The Balaban J connectivity index is 2.13. The van der Waals surface area contributed by atoms with Gasteiger partial charge in [-0.1, -0.05) is 13.8 Å². The van der Waals surface area contributed by atoms with Crippen LogP contribution in [-0.2, 0) is 11.3 Å². The molecule has 0 bridgehead atoms. The van der Waals surface area contributed by atoms with Crippen molar-refractivity contribution in [2.45, 2.75) is 52.2 Å². The van der Waals surface area contributed by atoms with Crippen molar-refractivity contribution in [3.05, 3.63) is 10.6 Å². The van der Waals surface area contributed by atoms with E-state index < -0.39 is 0 Å². The number of ether oxygens (including phenoxy) is 1. The quantitative estimate of drug-likeness (QED) is 0.839. The van der Waals surface area contributed by atoms with Crippen LogP contribution in [0.1, 0.15) is 50.1 Å². The Bertz CT molecular complexity index is 413. The van der Waals surface area contributed by atoms with Gasteiger partial charge in [-0.05, 0) is 32.7 Å². The predicted octanol–water partition coefficient (Wildman–Crippen LogP) is 2.99. The zero-order valence-corrected chi connectivity index (χ0v) is 13.9. The van der Waals surface area contributed by atoms with Crippen molar-refractivity contribution in [3.63, 3.8) is 0 Å². The standard InChI is InChI=1S/C15H27N3OS/c1-5-18(10-12-7-6-8-19-12)15-17-14(11(2)3)13(20-15)9-16-4/h11-12,16H,5-10H2,1-4H3. The van der Waals surface area contributed by atoms with Crippen LogP contribution in [0.25, 0.3) is 0 Å². The molecule has 1 N–H and O–H groups in total. The Kier molecular flexibility index (Phi) is 5.81. The molecule has 114 valence electrons. The molecule has 20 heavy (non-hydrogen) atoms. The second-order valence-electron chi connectivity index (χ2n) is 5.66. The molecule has 5 heteroatoms. The smallest absolute Gasteiger partial charge is 0.185 e. The van der Waals surface area contributed by atoms with E-state index in [0.717, 1.165) is 31.4 Å². The van der Waals surface area contributed by atoms with Crippen molar-refractivity contribution in [2.75, 3.05) is 31.6 Å². The molecule has 1 atom stereocenters. The molecule has 1 fully saturated rings. The minimum atomic E-state index is 0.383. The van der Waals surface area contributed by atoms with Crippen LogP contribution >= 0.6 is 11.3 Å². The number of nitrogens with zero attached hydrogens (tertiary/aromatic N) is 2. The van der Waals surface area contributed by atoms with Gasteiger partial charge in [-0.2, -0.15) is 0 Å². The first-order valence-electron chi connectivity index (χ1n) is 7.66. The van der Waals surface area contributed by atoms with Gasteiger partial charge in [-0.3, -0.25) is 0 Å². The molecule has 2 heterocycles. The molecule has 1 unspecified atom stereocenters. The van der Waals surface area contributed by atoms with Gasteiger partial charge >= 0.3 is 0 Å². The Hall–Kier alpha value is -0.650. The molecule has 1 aliphatic rings. The van der Waals surface area contributed by atoms with Crippen molar-refractivity contribution in [3.8, 4) is 0 Å². The van der Waals surface area contributed by atoms with Gasteiger partial charge in [0.25, 0.3) is 0 Å². The lowest BCUT2D eigenvalue weighted by Gasteiger charge is -2.23. The lowest BCUT2D eigenvalue weighted by Crippen LogP contribution is -2.31. The van der Waals surface area contributed by atoms with Crippen LogP contribution in [0.5, 0.6) is 0 Å². The van der Waals surface area contributed by atoms with Gasteiger partial charge in [-0.15, -0.1) is 11.3 Å². The van der Waals surface area contributed by atoms with Crippen molar-refractivity contribution in [2.24, 2.45) is 0 Å². The number of nitrogens with one attached hydrogen (secondary N) is 1. The Morgan fingerprint density at radius 1 is 1.50 bits per heavy atom. The van der Waals surface area contributed by atoms with Gasteiger partial charge in [0, 0.05) is 31.1 Å².